The lowest BCUT2D eigenvalue weighted by molar-refractivity contribution is -0.128. The van der Waals surface area contributed by atoms with E-state index in [1.165, 1.54) is 11.8 Å². The molecule has 0 radical (unpaired) electrons. The van der Waals surface area contributed by atoms with Crippen LogP contribution in [0.25, 0.3) is 17.1 Å². The highest BCUT2D eigenvalue weighted by atomic mass is 35.5. The van der Waals surface area contributed by atoms with Crippen molar-refractivity contribution < 1.29 is 13.2 Å². The van der Waals surface area contributed by atoms with Crippen molar-refractivity contribution >= 4 is 39.1 Å². The molecule has 0 bridgehead atoms. The molecule has 1 saturated heterocycles. The third-order valence-corrected chi connectivity index (χ3v) is 8.42. The van der Waals surface area contributed by atoms with E-state index in [1.54, 1.807) is 24.1 Å². The number of halogens is 1. The molecule has 0 aliphatic carbocycles. The predicted molar refractivity (Wildman–Crippen MR) is 127 cm³/mol. The fourth-order valence-electron chi connectivity index (χ4n) is 3.59. The number of rotatable bonds is 6. The van der Waals surface area contributed by atoms with E-state index in [9.17, 15) is 13.2 Å². The van der Waals surface area contributed by atoms with Crippen LogP contribution < -0.4 is 0 Å². The first-order valence-corrected chi connectivity index (χ1v) is 13.3. The Labute approximate surface area is 196 Å². The summed E-state index contributed by atoms with van der Waals surface area (Å²) < 4.78 is 25.4. The molecule has 1 aliphatic heterocycles. The molecule has 10 heteroatoms. The number of thioether (sulfide) groups is 1. The number of aromatic nitrogens is 3. The van der Waals surface area contributed by atoms with E-state index >= 15 is 0 Å². The molecule has 32 heavy (non-hydrogen) atoms. The van der Waals surface area contributed by atoms with Gasteiger partial charge in [-0.3, -0.25) is 9.36 Å². The zero-order chi connectivity index (χ0) is 22.9. The van der Waals surface area contributed by atoms with Gasteiger partial charge in [-0.15, -0.1) is 10.2 Å². The number of hydrogen-bond donors (Lipinski definition) is 0. The quantitative estimate of drug-likeness (QED) is 0.490. The molecule has 1 aliphatic rings. The minimum absolute atomic E-state index is 0.0279. The Morgan fingerprint density at radius 3 is 2.47 bits per heavy atom. The molecule has 168 valence electrons. The number of nitrogens with zero attached hydrogens (tertiary/aromatic N) is 4. The van der Waals surface area contributed by atoms with Crippen LogP contribution in [0.2, 0.25) is 5.02 Å². The lowest BCUT2D eigenvalue weighted by atomic mass is 10.2. The first-order valence-electron chi connectivity index (χ1n) is 10.1. The van der Waals surface area contributed by atoms with E-state index in [1.807, 2.05) is 47.9 Å². The van der Waals surface area contributed by atoms with Gasteiger partial charge in [0.25, 0.3) is 0 Å². The van der Waals surface area contributed by atoms with Gasteiger partial charge in [-0.05, 0) is 49.7 Å². The Hall–Kier alpha value is -2.36. The Balaban J connectivity index is 1.59. The summed E-state index contributed by atoms with van der Waals surface area (Å²) in [5, 5.41) is 9.94. The van der Waals surface area contributed by atoms with Crippen molar-refractivity contribution in [2.24, 2.45) is 0 Å². The average molecular weight is 491 g/mol. The van der Waals surface area contributed by atoms with Crippen molar-refractivity contribution in [3.05, 3.63) is 59.1 Å². The normalized spacial score (nSPS) is 17.4. The number of aryl methyl sites for hydroxylation is 1. The highest BCUT2D eigenvalue weighted by Gasteiger charge is 2.32. The molecule has 0 spiro atoms. The van der Waals surface area contributed by atoms with Crippen molar-refractivity contribution in [1.82, 2.24) is 19.7 Å². The molecular weight excluding hydrogens is 468 g/mol. The third kappa shape index (κ3) is 5.00. The maximum Gasteiger partial charge on any atom is 0.233 e. The summed E-state index contributed by atoms with van der Waals surface area (Å²) >= 11 is 7.32. The Morgan fingerprint density at radius 2 is 1.84 bits per heavy atom. The molecule has 1 fully saturated rings. The van der Waals surface area contributed by atoms with E-state index in [4.69, 9.17) is 11.6 Å². The fourth-order valence-corrected chi connectivity index (χ4v) is 6.36. The van der Waals surface area contributed by atoms with E-state index in [0.29, 0.717) is 22.4 Å². The second-order valence-electron chi connectivity index (χ2n) is 7.83. The number of carbonyl (C=O) groups excluding carboxylic acids is 1. The van der Waals surface area contributed by atoms with Crippen LogP contribution in [0.1, 0.15) is 12.0 Å². The summed E-state index contributed by atoms with van der Waals surface area (Å²) in [6.07, 6.45) is 0.482. The highest BCUT2D eigenvalue weighted by molar-refractivity contribution is 7.99. The lowest BCUT2D eigenvalue weighted by Gasteiger charge is -2.23. The Morgan fingerprint density at radius 1 is 1.16 bits per heavy atom. The Kier molecular flexibility index (Phi) is 6.60. The molecule has 4 rings (SSSR count). The molecule has 3 aromatic rings. The van der Waals surface area contributed by atoms with Crippen LogP contribution in [0, 0.1) is 6.92 Å². The summed E-state index contributed by atoms with van der Waals surface area (Å²) in [7, 11) is -1.39. The molecular formula is C22H23ClN4O3S2. The number of sulfone groups is 1. The average Bonchev–Trinajstić information content (AvgIpc) is 3.35. The van der Waals surface area contributed by atoms with Crippen molar-refractivity contribution in [1.29, 1.82) is 0 Å². The van der Waals surface area contributed by atoms with E-state index in [2.05, 4.69) is 10.2 Å². The summed E-state index contributed by atoms with van der Waals surface area (Å²) in [6.45, 7) is 2.02. The van der Waals surface area contributed by atoms with Gasteiger partial charge in [0.1, 0.15) is 0 Å². The number of carbonyl (C=O) groups is 1. The molecule has 1 amide bonds. The number of benzene rings is 2. The van der Waals surface area contributed by atoms with Crippen LogP contribution in [0.3, 0.4) is 0 Å². The van der Waals surface area contributed by atoms with Gasteiger partial charge >= 0.3 is 0 Å². The summed E-state index contributed by atoms with van der Waals surface area (Å²) in [5.74, 6) is 0.811. The molecule has 0 N–H and O–H groups in total. The van der Waals surface area contributed by atoms with Gasteiger partial charge in [0.05, 0.1) is 17.3 Å². The second kappa shape index (κ2) is 9.25. The topological polar surface area (TPSA) is 85.2 Å². The van der Waals surface area contributed by atoms with Crippen molar-refractivity contribution in [2.45, 2.75) is 24.5 Å². The molecule has 0 saturated carbocycles. The smallest absolute Gasteiger partial charge is 0.233 e. The minimum atomic E-state index is -3.05. The van der Waals surface area contributed by atoms with Gasteiger partial charge in [0, 0.05) is 29.4 Å². The zero-order valence-electron chi connectivity index (χ0n) is 17.7. The van der Waals surface area contributed by atoms with Gasteiger partial charge < -0.3 is 4.90 Å². The minimum Gasteiger partial charge on any atom is -0.341 e. The maximum absolute atomic E-state index is 12.8. The molecule has 1 atom stereocenters. The van der Waals surface area contributed by atoms with Crippen LogP contribution in [-0.2, 0) is 14.6 Å². The van der Waals surface area contributed by atoms with Crippen LogP contribution in [0.4, 0.5) is 0 Å². The largest absolute Gasteiger partial charge is 0.341 e. The number of amides is 1. The monoisotopic (exact) mass is 490 g/mol. The summed E-state index contributed by atoms with van der Waals surface area (Å²) in [6, 6.07) is 15.1. The first-order chi connectivity index (χ1) is 15.2. The van der Waals surface area contributed by atoms with Gasteiger partial charge in [-0.2, -0.15) is 0 Å². The van der Waals surface area contributed by atoms with Gasteiger partial charge in [0.2, 0.25) is 5.91 Å². The van der Waals surface area contributed by atoms with Gasteiger partial charge in [-0.25, -0.2) is 8.42 Å². The maximum atomic E-state index is 12.8. The van der Waals surface area contributed by atoms with Gasteiger partial charge in [-0.1, -0.05) is 41.1 Å². The third-order valence-electron chi connectivity index (χ3n) is 5.50. The Bertz CT molecular complexity index is 1230. The van der Waals surface area contributed by atoms with E-state index in [-0.39, 0.29) is 29.2 Å². The lowest BCUT2D eigenvalue weighted by Crippen LogP contribution is -2.38. The van der Waals surface area contributed by atoms with Crippen LogP contribution in [0.5, 0.6) is 0 Å². The van der Waals surface area contributed by atoms with Gasteiger partial charge in [0.15, 0.2) is 20.8 Å². The molecule has 7 nitrogen and oxygen atoms in total. The molecule has 2 heterocycles. The van der Waals surface area contributed by atoms with Crippen LogP contribution >= 0.6 is 23.4 Å². The van der Waals surface area contributed by atoms with E-state index < -0.39 is 9.84 Å². The molecule has 2 aromatic carbocycles. The van der Waals surface area contributed by atoms with Crippen molar-refractivity contribution in [2.75, 3.05) is 24.3 Å². The second-order valence-corrected chi connectivity index (χ2v) is 11.4. The van der Waals surface area contributed by atoms with Crippen LogP contribution in [-0.4, -0.2) is 64.3 Å². The molecule has 1 unspecified atom stereocenters. The predicted octanol–water partition coefficient (Wildman–Crippen LogP) is 3.63. The fraction of sp³-hybridized carbons (Fsp3) is 0.318. The van der Waals surface area contributed by atoms with Crippen LogP contribution in [0.15, 0.2) is 53.7 Å². The summed E-state index contributed by atoms with van der Waals surface area (Å²) in [5.41, 5.74) is 2.87. The van der Waals surface area contributed by atoms with Crippen molar-refractivity contribution in [3.8, 4) is 17.1 Å². The number of hydrogen-bond acceptors (Lipinski definition) is 6. The summed E-state index contributed by atoms with van der Waals surface area (Å²) in [4.78, 5) is 14.3. The standard InChI is InChI=1S/C22H23ClN4O3S2/c1-15-3-9-18(10-4-15)27-21(16-5-7-17(23)8-6-16)24-25-22(27)31-13-20(28)26(2)19-11-12-32(29,30)14-19/h3-10,19H,11-14H2,1-2H3. The zero-order valence-corrected chi connectivity index (χ0v) is 20.1. The highest BCUT2D eigenvalue weighted by Crippen LogP contribution is 2.29. The first kappa shape index (κ1) is 22.8. The molecule has 1 aromatic heterocycles. The SMILES string of the molecule is Cc1ccc(-n2c(SCC(=O)N(C)C3CCS(=O)(=O)C3)nnc2-c2ccc(Cl)cc2)cc1. The van der Waals surface area contributed by atoms with E-state index in [0.717, 1.165) is 16.8 Å². The van der Waals surface area contributed by atoms with Crippen molar-refractivity contribution in [3.63, 3.8) is 0 Å².